The van der Waals surface area contributed by atoms with Crippen molar-refractivity contribution in [2.75, 3.05) is 0 Å². The predicted octanol–water partition coefficient (Wildman–Crippen LogP) is 3.01. The van der Waals surface area contributed by atoms with Crippen LogP contribution >= 0.6 is 0 Å². The van der Waals surface area contributed by atoms with Crippen LogP contribution in [0.25, 0.3) is 0 Å². The van der Waals surface area contributed by atoms with Crippen molar-refractivity contribution in [1.82, 2.24) is 9.55 Å². The highest BCUT2D eigenvalue weighted by Gasteiger charge is 2.29. The normalized spacial score (nSPS) is 14.7. The summed E-state index contributed by atoms with van der Waals surface area (Å²) in [5.74, 6) is 1.72. The van der Waals surface area contributed by atoms with Crippen LogP contribution in [-0.4, -0.2) is 15.3 Å². The minimum absolute atomic E-state index is 0.0883. The number of carbonyl (C=O) groups is 1. The fraction of sp³-hybridized carbons (Fsp3) is 0.333. The molecule has 2 aromatic rings. The summed E-state index contributed by atoms with van der Waals surface area (Å²) in [6.45, 7) is 2.34. The van der Waals surface area contributed by atoms with Gasteiger partial charge in [0.15, 0.2) is 5.78 Å². The number of hydrogen-bond acceptors (Lipinski definition) is 2. The molecule has 1 aromatic heterocycles. The van der Waals surface area contributed by atoms with E-state index in [0.29, 0.717) is 5.92 Å². The lowest BCUT2D eigenvalue weighted by Gasteiger charge is -2.10. The number of carbonyl (C=O) groups excluding carboxylic acids is 1. The average molecular weight is 240 g/mol. The molecule has 1 saturated carbocycles. The largest absolute Gasteiger partial charge is 0.321 e. The summed E-state index contributed by atoms with van der Waals surface area (Å²) in [6, 6.07) is 10.2. The van der Waals surface area contributed by atoms with E-state index in [9.17, 15) is 4.79 Å². The van der Waals surface area contributed by atoms with E-state index in [1.807, 2.05) is 18.2 Å². The van der Waals surface area contributed by atoms with Gasteiger partial charge in [0, 0.05) is 19.4 Å². The van der Waals surface area contributed by atoms with Gasteiger partial charge in [-0.05, 0) is 18.4 Å². The van der Waals surface area contributed by atoms with Crippen molar-refractivity contribution >= 4 is 5.78 Å². The van der Waals surface area contributed by atoms with Gasteiger partial charge >= 0.3 is 0 Å². The van der Waals surface area contributed by atoms with Gasteiger partial charge in [0.25, 0.3) is 0 Å². The van der Waals surface area contributed by atoms with Crippen LogP contribution < -0.4 is 0 Å². The molecule has 18 heavy (non-hydrogen) atoms. The molecule has 0 N–H and O–H groups in total. The molecule has 0 aliphatic heterocycles. The maximum absolute atomic E-state index is 11.7. The van der Waals surface area contributed by atoms with E-state index >= 15 is 0 Å². The molecule has 3 heteroatoms. The Morgan fingerprint density at radius 3 is 2.67 bits per heavy atom. The zero-order valence-electron chi connectivity index (χ0n) is 10.5. The van der Waals surface area contributed by atoms with Crippen molar-refractivity contribution in [2.24, 2.45) is 0 Å². The first-order valence-electron chi connectivity index (χ1n) is 6.36. The SMILES string of the molecule is CC(=O)c1cnc(C2CC2)n1Cc1ccccc1. The molecule has 1 aliphatic carbocycles. The Morgan fingerprint density at radius 1 is 1.33 bits per heavy atom. The molecule has 0 radical (unpaired) electrons. The Balaban J connectivity index is 1.98. The Hall–Kier alpha value is -1.90. The third-order valence-electron chi connectivity index (χ3n) is 3.37. The number of nitrogens with zero attached hydrogens (tertiary/aromatic N) is 2. The first kappa shape index (κ1) is 11.2. The van der Waals surface area contributed by atoms with E-state index in [2.05, 4.69) is 21.7 Å². The van der Waals surface area contributed by atoms with Crippen molar-refractivity contribution in [3.8, 4) is 0 Å². The highest BCUT2D eigenvalue weighted by atomic mass is 16.1. The minimum atomic E-state index is 0.0883. The van der Waals surface area contributed by atoms with Crippen LogP contribution in [0.15, 0.2) is 36.5 Å². The van der Waals surface area contributed by atoms with Gasteiger partial charge < -0.3 is 4.57 Å². The van der Waals surface area contributed by atoms with Crippen LogP contribution in [0, 0.1) is 0 Å². The topological polar surface area (TPSA) is 34.9 Å². The highest BCUT2D eigenvalue weighted by molar-refractivity contribution is 5.92. The average Bonchev–Trinajstić information content (AvgIpc) is 3.12. The van der Waals surface area contributed by atoms with Crippen LogP contribution in [0.4, 0.5) is 0 Å². The first-order chi connectivity index (χ1) is 8.75. The van der Waals surface area contributed by atoms with Gasteiger partial charge in [0.1, 0.15) is 11.5 Å². The molecule has 0 unspecified atom stereocenters. The molecule has 3 nitrogen and oxygen atoms in total. The van der Waals surface area contributed by atoms with E-state index in [-0.39, 0.29) is 5.78 Å². The fourth-order valence-corrected chi connectivity index (χ4v) is 2.27. The summed E-state index contributed by atoms with van der Waals surface area (Å²) in [4.78, 5) is 16.1. The maximum Gasteiger partial charge on any atom is 0.177 e. The molecule has 92 valence electrons. The maximum atomic E-state index is 11.7. The number of Topliss-reactive ketones (excluding diaryl/α,β-unsaturated/α-hetero) is 1. The number of ketones is 1. The molecule has 0 spiro atoms. The summed E-state index contributed by atoms with van der Waals surface area (Å²) < 4.78 is 2.08. The number of hydrogen-bond donors (Lipinski definition) is 0. The zero-order valence-corrected chi connectivity index (χ0v) is 10.5. The number of benzene rings is 1. The molecule has 0 saturated heterocycles. The molecule has 1 aliphatic rings. The summed E-state index contributed by atoms with van der Waals surface area (Å²) in [5.41, 5.74) is 1.93. The Kier molecular flexibility index (Phi) is 2.74. The van der Waals surface area contributed by atoms with Gasteiger partial charge in [-0.25, -0.2) is 4.98 Å². The first-order valence-corrected chi connectivity index (χ1v) is 6.36. The van der Waals surface area contributed by atoms with Gasteiger partial charge in [-0.15, -0.1) is 0 Å². The number of imidazole rings is 1. The van der Waals surface area contributed by atoms with E-state index in [4.69, 9.17) is 0 Å². The molecule has 0 atom stereocenters. The van der Waals surface area contributed by atoms with Crippen LogP contribution in [0.1, 0.15) is 47.6 Å². The van der Waals surface area contributed by atoms with Crippen molar-refractivity contribution in [1.29, 1.82) is 0 Å². The van der Waals surface area contributed by atoms with Gasteiger partial charge in [0.2, 0.25) is 0 Å². The second-order valence-corrected chi connectivity index (χ2v) is 4.90. The van der Waals surface area contributed by atoms with Crippen LogP contribution in [-0.2, 0) is 6.54 Å². The zero-order chi connectivity index (χ0) is 12.5. The third-order valence-corrected chi connectivity index (χ3v) is 3.37. The van der Waals surface area contributed by atoms with Crippen molar-refractivity contribution in [3.05, 3.63) is 53.6 Å². The molecular weight excluding hydrogens is 224 g/mol. The standard InChI is InChI=1S/C15H16N2O/c1-11(18)14-9-16-15(13-7-8-13)17(14)10-12-5-3-2-4-6-12/h2-6,9,13H,7-8,10H2,1H3. The summed E-state index contributed by atoms with van der Waals surface area (Å²) in [7, 11) is 0. The van der Waals surface area contributed by atoms with Crippen molar-refractivity contribution in [3.63, 3.8) is 0 Å². The summed E-state index contributed by atoms with van der Waals surface area (Å²) in [6.07, 6.45) is 4.12. The van der Waals surface area contributed by atoms with Gasteiger partial charge in [-0.2, -0.15) is 0 Å². The summed E-state index contributed by atoms with van der Waals surface area (Å²) in [5, 5.41) is 0. The van der Waals surface area contributed by atoms with Gasteiger partial charge in [-0.1, -0.05) is 30.3 Å². The Labute approximate surface area is 106 Å². The molecule has 1 heterocycles. The summed E-state index contributed by atoms with van der Waals surface area (Å²) >= 11 is 0. The smallest absolute Gasteiger partial charge is 0.177 e. The lowest BCUT2D eigenvalue weighted by Crippen LogP contribution is -2.10. The second kappa shape index (κ2) is 4.41. The van der Waals surface area contributed by atoms with Crippen LogP contribution in [0.3, 0.4) is 0 Å². The van der Waals surface area contributed by atoms with E-state index in [1.165, 1.54) is 18.4 Å². The molecule has 0 bridgehead atoms. The highest BCUT2D eigenvalue weighted by Crippen LogP contribution is 2.39. The van der Waals surface area contributed by atoms with E-state index < -0.39 is 0 Å². The minimum Gasteiger partial charge on any atom is -0.321 e. The number of aromatic nitrogens is 2. The fourth-order valence-electron chi connectivity index (χ4n) is 2.27. The van der Waals surface area contributed by atoms with Crippen molar-refractivity contribution in [2.45, 2.75) is 32.2 Å². The van der Waals surface area contributed by atoms with Crippen molar-refractivity contribution < 1.29 is 4.79 Å². The Morgan fingerprint density at radius 2 is 2.06 bits per heavy atom. The molecule has 0 amide bonds. The second-order valence-electron chi connectivity index (χ2n) is 4.90. The van der Waals surface area contributed by atoms with E-state index in [1.54, 1.807) is 13.1 Å². The molecule has 1 aromatic carbocycles. The number of rotatable bonds is 4. The lowest BCUT2D eigenvalue weighted by atomic mass is 10.2. The predicted molar refractivity (Wildman–Crippen MR) is 69.8 cm³/mol. The molecule has 3 rings (SSSR count). The molecular formula is C15H16N2O. The third kappa shape index (κ3) is 2.08. The van der Waals surface area contributed by atoms with Gasteiger partial charge in [-0.3, -0.25) is 4.79 Å². The van der Waals surface area contributed by atoms with Crippen LogP contribution in [0.5, 0.6) is 0 Å². The van der Waals surface area contributed by atoms with E-state index in [0.717, 1.165) is 18.1 Å². The molecule has 1 fully saturated rings. The van der Waals surface area contributed by atoms with Gasteiger partial charge in [0.05, 0.1) is 6.20 Å². The van der Waals surface area contributed by atoms with Crippen LogP contribution in [0.2, 0.25) is 0 Å². The quantitative estimate of drug-likeness (QED) is 0.770. The monoisotopic (exact) mass is 240 g/mol. The Bertz CT molecular complexity index is 567. The lowest BCUT2D eigenvalue weighted by molar-refractivity contribution is 0.100.